The number of imidazole rings is 2. The van der Waals surface area contributed by atoms with Gasteiger partial charge < -0.3 is 15.1 Å². The van der Waals surface area contributed by atoms with Crippen LogP contribution in [-0.4, -0.2) is 54.9 Å². The Labute approximate surface area is 343 Å². The first-order valence-corrected chi connectivity index (χ1v) is 22.2. The van der Waals surface area contributed by atoms with Crippen molar-refractivity contribution in [3.05, 3.63) is 157 Å². The minimum absolute atomic E-state index is 1.01. The smallest absolute Gasteiger partial charge is 0.243 e. The Hall–Kier alpha value is -4.93. The molecule has 0 saturated carbocycles. The highest BCUT2D eigenvalue weighted by atomic mass is 33.1. The first-order valence-electron chi connectivity index (χ1n) is 19.7. The third-order valence-electron chi connectivity index (χ3n) is 9.65. The predicted octanol–water partition coefficient (Wildman–Crippen LogP) is 7.69. The zero-order chi connectivity index (χ0) is 39.4. The summed E-state index contributed by atoms with van der Waals surface area (Å²) in [5.41, 5.74) is 7.29. The molecule has 0 aliphatic heterocycles. The topological polar surface area (TPSA) is 40.0 Å². The van der Waals surface area contributed by atoms with Gasteiger partial charge in [0.05, 0.1) is 26.2 Å². The van der Waals surface area contributed by atoms with E-state index >= 15 is 0 Å². The fourth-order valence-electron chi connectivity index (χ4n) is 6.16. The van der Waals surface area contributed by atoms with Crippen LogP contribution < -0.4 is 28.8 Å². The summed E-state index contributed by atoms with van der Waals surface area (Å²) < 4.78 is 11.3. The number of aryl methyl sites for hydroxylation is 5. The van der Waals surface area contributed by atoms with Crippen LogP contribution in [0.2, 0.25) is 0 Å². The molecule has 0 aliphatic rings. The van der Waals surface area contributed by atoms with E-state index in [9.17, 15) is 0 Å². The number of nitrogens with one attached hydrogen (secondary N) is 1. The number of aromatic nitrogens is 5. The van der Waals surface area contributed by atoms with Crippen LogP contribution in [0, 0.1) is 0 Å². The number of anilines is 2. The van der Waals surface area contributed by atoms with Gasteiger partial charge in [-0.25, -0.2) is 22.8 Å². The van der Waals surface area contributed by atoms with Gasteiger partial charge in [-0.15, -0.1) is 0 Å². The van der Waals surface area contributed by atoms with Gasteiger partial charge in [0.1, 0.15) is 31.8 Å². The molecule has 1 N–H and O–H groups in total. The van der Waals surface area contributed by atoms with Crippen LogP contribution in [0.25, 0.3) is 18.2 Å². The second-order valence-corrected chi connectivity index (χ2v) is 16.7. The normalized spacial score (nSPS) is 12.1. The average molecular weight is 790 g/mol. The van der Waals surface area contributed by atoms with Crippen LogP contribution in [0.4, 0.5) is 11.4 Å². The fourth-order valence-corrected chi connectivity index (χ4v) is 8.13. The molecule has 3 aromatic heterocycles. The van der Waals surface area contributed by atoms with Crippen LogP contribution >= 0.6 is 21.6 Å². The minimum atomic E-state index is 1.01. The van der Waals surface area contributed by atoms with Crippen molar-refractivity contribution in [2.75, 3.05) is 55.5 Å². The maximum atomic E-state index is 3.04. The zero-order valence-corrected chi connectivity index (χ0v) is 35.6. The summed E-state index contributed by atoms with van der Waals surface area (Å²) in [4.78, 5) is 4.68. The molecule has 0 fully saturated rings. The van der Waals surface area contributed by atoms with Crippen molar-refractivity contribution < 1.29 is 13.7 Å². The van der Waals surface area contributed by atoms with E-state index in [0.29, 0.717) is 0 Å². The molecule has 0 saturated heterocycles. The quantitative estimate of drug-likeness (QED) is 0.0319. The Morgan fingerprint density at radius 2 is 1.14 bits per heavy atom. The third-order valence-corrected chi connectivity index (χ3v) is 12.0. The van der Waals surface area contributed by atoms with Crippen LogP contribution in [-0.2, 0) is 33.2 Å². The number of rotatable bonds is 23. The number of pyridine rings is 1. The average Bonchev–Trinajstić information content (AvgIpc) is 3.88. The van der Waals surface area contributed by atoms with Crippen molar-refractivity contribution in [2.45, 2.75) is 45.9 Å². The summed E-state index contributed by atoms with van der Waals surface area (Å²) in [7, 11) is 12.2. The fraction of sp³-hybridized carbons (Fsp3) is 0.326. The summed E-state index contributed by atoms with van der Waals surface area (Å²) in [6, 6.07) is 21.9. The molecule has 0 unspecified atom stereocenters. The summed E-state index contributed by atoms with van der Waals surface area (Å²) in [5, 5.41) is 3.04. The standard InChI is InChI=1S/C46H61N8S2/c1-6-41(21-24-47-2)9-10-42-13-17-45(18-14-42)49(4)25-7-27-51-31-33-53(39-51)35-37-55-56-38-36-54-34-32-52(40-54)28-8-26-50(5)46-19-15-43(16-20-46)11-12-44-22-29-48(3)30-23-44/h6,9-24,29-34,39-40,47H,7-8,25-28,35-38H2,1-5H3/q+3. The molecule has 0 amide bonds. The highest BCUT2D eigenvalue weighted by Crippen LogP contribution is 2.21. The van der Waals surface area contributed by atoms with E-state index in [2.05, 4.69) is 201 Å². The molecule has 5 rings (SSSR count). The Balaban J connectivity index is 0.903. The van der Waals surface area contributed by atoms with Crippen molar-refractivity contribution in [1.82, 2.24) is 14.5 Å². The Morgan fingerprint density at radius 3 is 1.62 bits per heavy atom. The molecule has 0 bridgehead atoms. The molecule has 0 spiro atoms. The van der Waals surface area contributed by atoms with Gasteiger partial charge in [-0.3, -0.25) is 0 Å². The highest BCUT2D eigenvalue weighted by molar-refractivity contribution is 8.76. The monoisotopic (exact) mass is 789 g/mol. The molecule has 2 aromatic carbocycles. The molecule has 3 heterocycles. The lowest BCUT2D eigenvalue weighted by molar-refractivity contribution is -0.696. The highest BCUT2D eigenvalue weighted by Gasteiger charge is 2.08. The molecule has 8 nitrogen and oxygen atoms in total. The first kappa shape index (κ1) is 42.2. The second-order valence-electron chi connectivity index (χ2n) is 14.0. The molecule has 10 heteroatoms. The van der Waals surface area contributed by atoms with Crippen molar-refractivity contribution >= 4 is 51.2 Å². The lowest BCUT2D eigenvalue weighted by Crippen LogP contribution is -2.33. The van der Waals surface area contributed by atoms with Crippen molar-refractivity contribution in [1.29, 1.82) is 0 Å². The largest absolute Gasteiger partial charge is 0.394 e. The summed E-state index contributed by atoms with van der Waals surface area (Å²) >= 11 is 0. The number of allylic oxidation sites excluding steroid dienone is 4. The Bertz CT molecular complexity index is 1990. The van der Waals surface area contributed by atoms with Gasteiger partial charge in [0.25, 0.3) is 0 Å². The summed E-state index contributed by atoms with van der Waals surface area (Å²) in [6.45, 7) is 8.17. The molecule has 56 heavy (non-hydrogen) atoms. The first-order chi connectivity index (χ1) is 27.4. The maximum Gasteiger partial charge on any atom is 0.243 e. The van der Waals surface area contributed by atoms with Gasteiger partial charge >= 0.3 is 0 Å². The minimum Gasteiger partial charge on any atom is -0.394 e. The van der Waals surface area contributed by atoms with Crippen LogP contribution in [0.5, 0.6) is 0 Å². The summed E-state index contributed by atoms with van der Waals surface area (Å²) in [5.74, 6) is 2.20. The number of hydrogen-bond acceptors (Lipinski definition) is 5. The molecule has 294 valence electrons. The maximum absolute atomic E-state index is 3.04. The molecular weight excluding hydrogens is 729 g/mol. The van der Waals surface area contributed by atoms with E-state index in [-0.39, 0.29) is 0 Å². The number of hydrogen-bond donors (Lipinski definition) is 1. The number of benzene rings is 2. The zero-order valence-electron chi connectivity index (χ0n) is 34.0. The molecule has 0 atom stereocenters. The van der Waals surface area contributed by atoms with Gasteiger partial charge in [0.15, 0.2) is 12.4 Å². The Morgan fingerprint density at radius 1 is 0.661 bits per heavy atom. The van der Waals surface area contributed by atoms with Gasteiger partial charge in [0.2, 0.25) is 12.7 Å². The van der Waals surface area contributed by atoms with E-state index < -0.39 is 0 Å². The van der Waals surface area contributed by atoms with Gasteiger partial charge in [-0.2, -0.15) is 0 Å². The predicted molar refractivity (Wildman–Crippen MR) is 240 cm³/mol. The molecule has 5 aromatic rings. The second kappa shape index (κ2) is 23.2. The molecule has 0 aliphatic carbocycles. The van der Waals surface area contributed by atoms with Crippen molar-refractivity contribution in [2.24, 2.45) is 7.05 Å². The van der Waals surface area contributed by atoms with E-state index in [1.54, 1.807) is 0 Å². The Kier molecular flexibility index (Phi) is 17.5. The van der Waals surface area contributed by atoms with E-state index in [4.69, 9.17) is 0 Å². The van der Waals surface area contributed by atoms with E-state index in [0.717, 1.165) is 63.6 Å². The SMILES string of the molecule is CC=C(C=CNC)C=Cc1ccc(N(C)CCC[n+]2ccn(CCSSCCn3cc[n+](CCCN(C)c4ccc(C=Cc5cc[n+](C)cc5)cc4)c3)c2)cc1. The van der Waals surface area contributed by atoms with Crippen molar-refractivity contribution in [3.8, 4) is 0 Å². The number of nitrogens with zero attached hydrogens (tertiary/aromatic N) is 7. The van der Waals surface area contributed by atoms with Crippen LogP contribution in [0.15, 0.2) is 141 Å². The van der Waals surface area contributed by atoms with Gasteiger partial charge in [-0.1, -0.05) is 76.2 Å². The van der Waals surface area contributed by atoms with Crippen molar-refractivity contribution in [3.63, 3.8) is 0 Å². The van der Waals surface area contributed by atoms with Gasteiger partial charge in [0, 0.05) is 82.1 Å². The lowest BCUT2D eigenvalue weighted by Gasteiger charge is -2.18. The van der Waals surface area contributed by atoms with Crippen LogP contribution in [0.1, 0.15) is 36.5 Å². The van der Waals surface area contributed by atoms with Crippen LogP contribution in [0.3, 0.4) is 0 Å². The lowest BCUT2D eigenvalue weighted by atomic mass is 10.1. The third kappa shape index (κ3) is 14.6. The molecule has 0 radical (unpaired) electrons. The molecular formula is C46H61N8S2+3. The van der Waals surface area contributed by atoms with E-state index in [1.165, 1.54) is 33.6 Å². The van der Waals surface area contributed by atoms with E-state index in [1.807, 2.05) is 46.5 Å². The summed E-state index contributed by atoms with van der Waals surface area (Å²) in [6.07, 6.45) is 34.4. The van der Waals surface area contributed by atoms with Gasteiger partial charge in [-0.05, 0) is 65.7 Å².